The highest BCUT2D eigenvalue weighted by Gasteiger charge is 2.52. The van der Waals surface area contributed by atoms with Gasteiger partial charge in [0, 0.05) is 5.46 Å². The van der Waals surface area contributed by atoms with Crippen LogP contribution in [-0.4, -0.2) is 26.4 Å². The largest absolute Gasteiger partial charge is 0.497 e. The maximum absolute atomic E-state index is 14.8. The van der Waals surface area contributed by atoms with Crippen molar-refractivity contribution >= 4 is 25.8 Å². The molecule has 0 spiro atoms. The second kappa shape index (κ2) is 4.68. The summed E-state index contributed by atoms with van der Waals surface area (Å²) in [5, 5.41) is 0.824. The Morgan fingerprint density at radius 1 is 1.00 bits per heavy atom. The lowest BCUT2D eigenvalue weighted by Crippen LogP contribution is -2.47. The van der Waals surface area contributed by atoms with E-state index in [1.54, 1.807) is 6.07 Å². The van der Waals surface area contributed by atoms with Crippen LogP contribution in [-0.2, 0) is 9.31 Å². The van der Waals surface area contributed by atoms with Crippen LogP contribution in [0.15, 0.2) is 18.2 Å². The molecule has 2 rings (SSSR count). The first-order valence-corrected chi connectivity index (χ1v) is 10.6. The van der Waals surface area contributed by atoms with Gasteiger partial charge in [0.25, 0.3) is 0 Å². The van der Waals surface area contributed by atoms with Gasteiger partial charge < -0.3 is 9.31 Å². The van der Waals surface area contributed by atoms with Crippen LogP contribution >= 0.6 is 0 Å². The molecule has 0 unspecified atom stereocenters. The lowest BCUT2D eigenvalue weighted by Gasteiger charge is -2.32. The number of hydrogen-bond donors (Lipinski definition) is 0. The van der Waals surface area contributed by atoms with Crippen molar-refractivity contribution in [2.75, 3.05) is 0 Å². The molecule has 1 saturated heterocycles. The van der Waals surface area contributed by atoms with Gasteiger partial charge in [-0.3, -0.25) is 0 Å². The number of halogens is 1. The van der Waals surface area contributed by atoms with Crippen LogP contribution in [0.2, 0.25) is 19.6 Å². The van der Waals surface area contributed by atoms with E-state index in [0.717, 1.165) is 5.19 Å². The van der Waals surface area contributed by atoms with Crippen LogP contribution in [0.3, 0.4) is 0 Å². The molecule has 0 atom stereocenters. The van der Waals surface area contributed by atoms with Gasteiger partial charge in [0.1, 0.15) is 5.82 Å². The van der Waals surface area contributed by atoms with Gasteiger partial charge in [-0.15, -0.1) is 0 Å². The van der Waals surface area contributed by atoms with Gasteiger partial charge in [0.05, 0.1) is 19.3 Å². The maximum Gasteiger partial charge on any atom is 0.497 e. The Bertz CT molecular complexity index is 507. The average molecular weight is 294 g/mol. The molecule has 0 bridgehead atoms. The standard InChI is InChI=1S/C15H24BFO2Si/c1-14(2)15(3,4)19-16(18-14)11-9-8-10-12(13(11)17)20(5,6)7/h8-10H,1-7H3. The van der Waals surface area contributed by atoms with E-state index in [1.807, 2.05) is 39.8 Å². The van der Waals surface area contributed by atoms with Gasteiger partial charge in [-0.25, -0.2) is 4.39 Å². The summed E-state index contributed by atoms with van der Waals surface area (Å²) in [5.41, 5.74) is -0.373. The molecule has 0 aromatic heterocycles. The quantitative estimate of drug-likeness (QED) is 0.781. The molecule has 1 aromatic rings. The minimum atomic E-state index is -1.72. The van der Waals surface area contributed by atoms with Gasteiger partial charge in [0.2, 0.25) is 0 Å². The fourth-order valence-electron chi connectivity index (χ4n) is 2.28. The number of rotatable bonds is 2. The van der Waals surface area contributed by atoms with Crippen molar-refractivity contribution in [3.05, 3.63) is 24.0 Å². The fraction of sp³-hybridized carbons (Fsp3) is 0.600. The van der Waals surface area contributed by atoms with Crippen molar-refractivity contribution in [2.45, 2.75) is 58.5 Å². The molecule has 1 aliphatic rings. The zero-order chi connectivity index (χ0) is 15.3. The van der Waals surface area contributed by atoms with Crippen molar-refractivity contribution in [3.8, 4) is 0 Å². The van der Waals surface area contributed by atoms with Crippen LogP contribution in [0.4, 0.5) is 4.39 Å². The molecule has 0 N–H and O–H groups in total. The first kappa shape index (κ1) is 15.7. The second-order valence-electron chi connectivity index (χ2n) is 7.55. The van der Waals surface area contributed by atoms with E-state index >= 15 is 0 Å². The van der Waals surface area contributed by atoms with Crippen LogP contribution in [0.5, 0.6) is 0 Å². The van der Waals surface area contributed by atoms with Crippen LogP contribution in [0.1, 0.15) is 27.7 Å². The summed E-state index contributed by atoms with van der Waals surface area (Å²) < 4.78 is 26.7. The third kappa shape index (κ3) is 2.59. The highest BCUT2D eigenvalue weighted by atomic mass is 28.3. The Kier molecular flexibility index (Phi) is 3.68. The molecule has 110 valence electrons. The summed E-state index contributed by atoms with van der Waals surface area (Å²) in [6.07, 6.45) is 0. The molecule has 0 amide bonds. The molecule has 1 heterocycles. The van der Waals surface area contributed by atoms with Crippen molar-refractivity contribution in [1.82, 2.24) is 0 Å². The van der Waals surface area contributed by atoms with Crippen LogP contribution in [0, 0.1) is 5.82 Å². The predicted molar refractivity (Wildman–Crippen MR) is 85.1 cm³/mol. The average Bonchev–Trinajstić information content (AvgIpc) is 2.46. The summed E-state index contributed by atoms with van der Waals surface area (Å²) in [6.45, 7) is 14.3. The van der Waals surface area contributed by atoms with E-state index in [4.69, 9.17) is 9.31 Å². The van der Waals surface area contributed by atoms with E-state index < -0.39 is 26.4 Å². The molecular formula is C15H24BFO2Si. The molecule has 5 heteroatoms. The van der Waals surface area contributed by atoms with Crippen LogP contribution in [0.25, 0.3) is 0 Å². The van der Waals surface area contributed by atoms with Gasteiger partial charge in [-0.1, -0.05) is 37.8 Å². The summed E-state index contributed by atoms with van der Waals surface area (Å²) in [6, 6.07) is 5.55. The molecule has 0 radical (unpaired) electrons. The molecule has 1 aliphatic heterocycles. The van der Waals surface area contributed by atoms with Crippen molar-refractivity contribution in [2.24, 2.45) is 0 Å². The number of benzene rings is 1. The SMILES string of the molecule is CC1(C)OB(c2cccc([Si](C)(C)C)c2F)OC1(C)C. The van der Waals surface area contributed by atoms with Crippen molar-refractivity contribution < 1.29 is 13.7 Å². The van der Waals surface area contributed by atoms with Crippen molar-refractivity contribution in [3.63, 3.8) is 0 Å². The lowest BCUT2D eigenvalue weighted by atomic mass is 9.79. The molecular weight excluding hydrogens is 270 g/mol. The Hall–Kier alpha value is -0.648. The van der Waals surface area contributed by atoms with Gasteiger partial charge in [-0.05, 0) is 32.9 Å². The zero-order valence-corrected chi connectivity index (χ0v) is 14.5. The third-order valence-corrected chi connectivity index (χ3v) is 6.35. The highest BCUT2D eigenvalue weighted by molar-refractivity contribution is 6.89. The zero-order valence-electron chi connectivity index (χ0n) is 13.5. The normalized spacial score (nSPS) is 21.3. The molecule has 1 fully saturated rings. The topological polar surface area (TPSA) is 18.5 Å². The summed E-state index contributed by atoms with van der Waals surface area (Å²) >= 11 is 0. The first-order valence-electron chi connectivity index (χ1n) is 7.10. The Morgan fingerprint density at radius 2 is 1.50 bits per heavy atom. The van der Waals surface area contributed by atoms with Gasteiger partial charge in [0.15, 0.2) is 0 Å². The van der Waals surface area contributed by atoms with Gasteiger partial charge in [-0.2, -0.15) is 0 Å². The Morgan fingerprint density at radius 3 is 1.95 bits per heavy atom. The third-order valence-electron chi connectivity index (χ3n) is 4.34. The van der Waals surface area contributed by atoms with Gasteiger partial charge >= 0.3 is 7.12 Å². The van der Waals surface area contributed by atoms with Crippen molar-refractivity contribution in [1.29, 1.82) is 0 Å². The Balaban J connectivity index is 2.42. The van der Waals surface area contributed by atoms with Crippen LogP contribution < -0.4 is 10.6 Å². The molecule has 20 heavy (non-hydrogen) atoms. The summed E-state index contributed by atoms with van der Waals surface area (Å²) in [4.78, 5) is 0. The molecule has 0 aliphatic carbocycles. The molecule has 0 saturated carbocycles. The highest BCUT2D eigenvalue weighted by Crippen LogP contribution is 2.36. The van der Waals surface area contributed by atoms with E-state index in [1.165, 1.54) is 0 Å². The van der Waals surface area contributed by atoms with E-state index in [-0.39, 0.29) is 5.82 Å². The fourth-order valence-corrected chi connectivity index (χ4v) is 3.68. The molecule has 2 nitrogen and oxygen atoms in total. The summed E-state index contributed by atoms with van der Waals surface area (Å²) in [5.74, 6) is -0.162. The molecule has 1 aromatic carbocycles. The lowest BCUT2D eigenvalue weighted by molar-refractivity contribution is 0.00578. The maximum atomic E-state index is 14.8. The monoisotopic (exact) mass is 294 g/mol. The van der Waals surface area contributed by atoms with E-state index in [2.05, 4.69) is 19.6 Å². The van der Waals surface area contributed by atoms with E-state index in [0.29, 0.717) is 5.46 Å². The minimum Gasteiger partial charge on any atom is -0.399 e. The van der Waals surface area contributed by atoms with E-state index in [9.17, 15) is 4.39 Å². The minimum absolute atomic E-state index is 0.162. The summed E-state index contributed by atoms with van der Waals surface area (Å²) in [7, 11) is -2.35. The predicted octanol–water partition coefficient (Wildman–Crippen LogP) is 2.67. The smallest absolute Gasteiger partial charge is 0.399 e. The Labute approximate surface area is 122 Å². The first-order chi connectivity index (χ1) is 8.96. The second-order valence-corrected chi connectivity index (χ2v) is 12.6. The number of hydrogen-bond acceptors (Lipinski definition) is 2.